The summed E-state index contributed by atoms with van der Waals surface area (Å²) < 4.78 is 57.8. The van der Waals surface area contributed by atoms with Crippen molar-refractivity contribution in [1.82, 2.24) is 0 Å². The summed E-state index contributed by atoms with van der Waals surface area (Å²) in [4.78, 5) is 14.2. The van der Waals surface area contributed by atoms with E-state index in [0.29, 0.717) is 10.9 Å². The third kappa shape index (κ3) is 7.20. The standard InChI is InChI=1S/C14H11N2O4S.Na.O3S/c1-9-6-10-4-3-5-11(16-13(17)8-15-2)14(10)12(7-9)21(18,19)20;;1-4(2)3/h4-7H,8H2,1H3,(H,16,17)(H,18,19,20);;/q-1;+1;. The number of aryl methyl sites for hydroxylation is 1. The van der Waals surface area contributed by atoms with Crippen LogP contribution in [-0.4, -0.2) is 38.0 Å². The van der Waals surface area contributed by atoms with E-state index < -0.39 is 26.6 Å². The van der Waals surface area contributed by atoms with E-state index in [4.69, 9.17) is 19.2 Å². The maximum absolute atomic E-state index is 11.5. The summed E-state index contributed by atoms with van der Waals surface area (Å²) in [5, 5.41) is 3.17. The molecule has 0 spiro atoms. The molecule has 9 nitrogen and oxygen atoms in total. The molecule has 2 rings (SSSR count). The van der Waals surface area contributed by atoms with Crippen molar-refractivity contribution in [2.24, 2.45) is 0 Å². The summed E-state index contributed by atoms with van der Waals surface area (Å²) in [6.45, 7) is 7.97. The predicted octanol–water partition coefficient (Wildman–Crippen LogP) is -1.95. The number of hydrogen-bond donors (Lipinski definition) is 2. The molecule has 1 amide bonds. The first-order chi connectivity index (χ1) is 11.6. The quantitative estimate of drug-likeness (QED) is 0.343. The molecule has 0 aromatic heterocycles. The summed E-state index contributed by atoms with van der Waals surface area (Å²) >= 11 is 0. The van der Waals surface area contributed by atoms with Gasteiger partial charge in [-0.25, -0.2) is 6.57 Å². The fourth-order valence-electron chi connectivity index (χ4n) is 2.03. The summed E-state index contributed by atoms with van der Waals surface area (Å²) in [6, 6.07) is 8.78. The maximum Gasteiger partial charge on any atom is 1.00 e. The van der Waals surface area contributed by atoms with Crippen molar-refractivity contribution < 1.29 is 59.9 Å². The van der Waals surface area contributed by atoms with E-state index in [1.807, 2.05) is 0 Å². The van der Waals surface area contributed by atoms with Crippen LogP contribution in [0.2, 0.25) is 0 Å². The number of rotatable bonds is 3. The molecule has 2 N–H and O–H groups in total. The fraction of sp³-hybridized carbons (Fsp3) is 0.143. The monoisotopic (exact) mass is 406 g/mol. The van der Waals surface area contributed by atoms with E-state index in [-0.39, 0.29) is 52.1 Å². The molecule has 0 atom stereocenters. The van der Waals surface area contributed by atoms with Crippen LogP contribution in [0.4, 0.5) is 5.69 Å². The van der Waals surface area contributed by atoms with Crippen LogP contribution in [-0.2, 0) is 25.5 Å². The summed E-state index contributed by atoms with van der Waals surface area (Å²) in [5.74, 6) is -0.562. The van der Waals surface area contributed by atoms with Crippen LogP contribution >= 0.6 is 0 Å². The molecule has 0 bridgehead atoms. The zero-order valence-electron chi connectivity index (χ0n) is 13.7. The Bertz CT molecular complexity index is 1070. The Hall–Kier alpha value is -1.81. The summed E-state index contributed by atoms with van der Waals surface area (Å²) in [7, 11) is -7.56. The number of carbonyl (C=O) groups excluding carboxylic acids is 1. The van der Waals surface area contributed by atoms with E-state index in [1.165, 1.54) is 12.1 Å². The number of benzene rings is 2. The Morgan fingerprint density at radius 2 is 1.88 bits per heavy atom. The van der Waals surface area contributed by atoms with Gasteiger partial charge >= 0.3 is 40.2 Å². The van der Waals surface area contributed by atoms with E-state index in [2.05, 4.69) is 16.2 Å². The van der Waals surface area contributed by atoms with E-state index in [9.17, 15) is 17.8 Å². The molecular weight excluding hydrogens is 395 g/mol. The van der Waals surface area contributed by atoms with Gasteiger partial charge in [0, 0.05) is 0 Å². The first-order valence-corrected chi connectivity index (χ1v) is 8.82. The van der Waals surface area contributed by atoms with Gasteiger partial charge in [0.2, 0.25) is 0 Å². The third-order valence-electron chi connectivity index (χ3n) is 2.79. The molecule has 0 fully saturated rings. The van der Waals surface area contributed by atoms with E-state index in [1.54, 1.807) is 19.1 Å². The van der Waals surface area contributed by atoms with Gasteiger partial charge in [-0.3, -0.25) is 9.35 Å². The van der Waals surface area contributed by atoms with Crippen LogP contribution in [0.15, 0.2) is 29.2 Å². The zero-order chi connectivity index (χ0) is 19.2. The average Bonchev–Trinajstić information content (AvgIpc) is 2.45. The minimum Gasteiger partial charge on any atom is -0.372 e. The van der Waals surface area contributed by atoms with Crippen LogP contribution < -0.4 is 34.9 Å². The van der Waals surface area contributed by atoms with E-state index in [0.717, 1.165) is 0 Å². The van der Waals surface area contributed by atoms with Crippen molar-refractivity contribution in [3.63, 3.8) is 0 Å². The second kappa shape index (κ2) is 10.4. The second-order valence-corrected chi connectivity index (χ2v) is 6.44. The molecule has 26 heavy (non-hydrogen) atoms. The van der Waals surface area contributed by atoms with Gasteiger partial charge in [-0.15, -0.1) is 24.1 Å². The van der Waals surface area contributed by atoms with Crippen LogP contribution in [0.5, 0.6) is 0 Å². The molecule has 0 aliphatic heterocycles. The molecule has 0 radical (unpaired) electrons. The number of hydrogen-bond acceptors (Lipinski definition) is 6. The van der Waals surface area contributed by atoms with Crippen LogP contribution in [0.3, 0.4) is 0 Å². The SMILES string of the molecule is O=S(=O)=O.[C-]#[N+]CC(=O)Nc1c[c-]cc2cc(C)cc(S(=O)(=O)O)c12.[Na+]. The van der Waals surface area contributed by atoms with Crippen LogP contribution in [0.25, 0.3) is 15.6 Å². The normalized spacial score (nSPS) is 9.88. The van der Waals surface area contributed by atoms with E-state index >= 15 is 0 Å². The molecule has 0 heterocycles. The summed E-state index contributed by atoms with van der Waals surface area (Å²) in [5.41, 5.74) is 0.835. The van der Waals surface area contributed by atoms with Crippen LogP contribution in [0.1, 0.15) is 5.56 Å². The topological polar surface area (TPSA) is 139 Å². The number of amides is 1. The molecule has 2 aromatic rings. The Morgan fingerprint density at radius 3 is 2.38 bits per heavy atom. The van der Waals surface area contributed by atoms with Gasteiger partial charge in [0.25, 0.3) is 22.6 Å². The molecule has 12 heteroatoms. The van der Waals surface area contributed by atoms with Gasteiger partial charge in [-0.05, 0) is 13.0 Å². The van der Waals surface area contributed by atoms with Crippen molar-refractivity contribution in [2.75, 3.05) is 11.9 Å². The minimum atomic E-state index is -4.45. The number of carbonyl (C=O) groups is 1. The van der Waals surface area contributed by atoms with Gasteiger partial charge in [-0.1, -0.05) is 16.6 Å². The zero-order valence-corrected chi connectivity index (χ0v) is 17.3. The minimum absolute atomic E-state index is 0. The smallest absolute Gasteiger partial charge is 0.372 e. The van der Waals surface area contributed by atoms with Gasteiger partial charge in [0.1, 0.15) is 0 Å². The van der Waals surface area contributed by atoms with Crippen molar-refractivity contribution in [1.29, 1.82) is 0 Å². The van der Waals surface area contributed by atoms with Gasteiger partial charge in [0.15, 0.2) is 0 Å². The molecule has 0 saturated carbocycles. The number of nitrogens with one attached hydrogen (secondary N) is 1. The molecule has 132 valence electrons. The Morgan fingerprint density at radius 1 is 1.31 bits per heavy atom. The Labute approximate surface area is 173 Å². The first-order valence-electron chi connectivity index (χ1n) is 6.38. The molecule has 2 aromatic carbocycles. The molecular formula is C14H11N2NaO7S2. The number of anilines is 1. The molecule has 0 aliphatic rings. The van der Waals surface area contributed by atoms with Crippen LogP contribution in [0, 0.1) is 19.6 Å². The third-order valence-corrected chi connectivity index (χ3v) is 3.67. The molecule has 0 saturated heterocycles. The Balaban J connectivity index is 0.00000113. The van der Waals surface area contributed by atoms with Gasteiger partial charge < -0.3 is 10.2 Å². The van der Waals surface area contributed by atoms with Crippen molar-refractivity contribution >= 4 is 43.1 Å². The maximum atomic E-state index is 11.5. The summed E-state index contributed by atoms with van der Waals surface area (Å²) in [6.07, 6.45) is 0. The largest absolute Gasteiger partial charge is 1.00 e. The fourth-order valence-corrected chi connectivity index (χ4v) is 2.85. The molecule has 0 unspecified atom stereocenters. The predicted molar refractivity (Wildman–Crippen MR) is 87.1 cm³/mol. The average molecular weight is 406 g/mol. The Kier molecular flexibility index (Phi) is 9.64. The second-order valence-electron chi connectivity index (χ2n) is 4.64. The van der Waals surface area contributed by atoms with Crippen molar-refractivity contribution in [2.45, 2.75) is 11.8 Å². The first kappa shape index (κ1) is 24.2. The number of fused-ring (bicyclic) bond motifs is 1. The van der Waals surface area contributed by atoms with Crippen molar-refractivity contribution in [3.8, 4) is 0 Å². The van der Waals surface area contributed by atoms with Gasteiger partial charge in [0.05, 0.1) is 4.90 Å². The van der Waals surface area contributed by atoms with Gasteiger partial charge in [-0.2, -0.15) is 26.6 Å². The van der Waals surface area contributed by atoms with Crippen molar-refractivity contribution in [3.05, 3.63) is 47.3 Å². The number of nitrogens with zero attached hydrogens (tertiary/aromatic N) is 1. The molecule has 0 aliphatic carbocycles.